The molecule has 3 nitrogen and oxygen atoms in total. The van der Waals surface area contributed by atoms with E-state index in [0.717, 1.165) is 31.5 Å². The first-order chi connectivity index (χ1) is 8.18. The fourth-order valence-electron chi connectivity index (χ4n) is 2.09. The summed E-state index contributed by atoms with van der Waals surface area (Å²) in [6, 6.07) is 5.88. The van der Waals surface area contributed by atoms with E-state index in [9.17, 15) is 9.18 Å². The summed E-state index contributed by atoms with van der Waals surface area (Å²) in [7, 11) is 1.73. The molecule has 0 aromatic heterocycles. The van der Waals surface area contributed by atoms with Crippen LogP contribution in [0.2, 0.25) is 0 Å². The highest BCUT2D eigenvalue weighted by molar-refractivity contribution is 5.96. The molecule has 0 bridgehead atoms. The lowest BCUT2D eigenvalue weighted by Gasteiger charge is -2.27. The molecule has 1 atom stereocenters. The van der Waals surface area contributed by atoms with Crippen LogP contribution in [0, 0.1) is 5.82 Å². The number of rotatable bonds is 2. The Hall–Kier alpha value is -1.13. The van der Waals surface area contributed by atoms with Crippen LogP contribution in [0.3, 0.4) is 0 Å². The van der Waals surface area contributed by atoms with Gasteiger partial charge >= 0.3 is 0 Å². The van der Waals surface area contributed by atoms with Crippen LogP contribution >= 0.6 is 12.4 Å². The van der Waals surface area contributed by atoms with E-state index in [4.69, 9.17) is 0 Å². The molecule has 0 aliphatic carbocycles. The van der Waals surface area contributed by atoms with Crippen LogP contribution in [-0.2, 0) is 4.79 Å². The average Bonchev–Trinajstić information content (AvgIpc) is 2.39. The van der Waals surface area contributed by atoms with Gasteiger partial charge < -0.3 is 10.2 Å². The van der Waals surface area contributed by atoms with Crippen LogP contribution in [0.4, 0.5) is 10.1 Å². The minimum Gasteiger partial charge on any atom is -0.314 e. The number of nitrogens with one attached hydrogen (secondary N) is 1. The van der Waals surface area contributed by atoms with E-state index in [1.54, 1.807) is 24.1 Å². The monoisotopic (exact) mass is 272 g/mol. The van der Waals surface area contributed by atoms with Crippen molar-refractivity contribution in [3.8, 4) is 0 Å². The number of hydrogen-bond donors (Lipinski definition) is 1. The Kier molecular flexibility index (Phi) is 5.56. The number of nitrogens with zero attached hydrogens (tertiary/aromatic N) is 1. The van der Waals surface area contributed by atoms with Gasteiger partial charge in [-0.3, -0.25) is 4.79 Å². The fraction of sp³-hybridized carbons (Fsp3) is 0.462. The van der Waals surface area contributed by atoms with Gasteiger partial charge in [0.25, 0.3) is 0 Å². The lowest BCUT2D eigenvalue weighted by atomic mass is 10.0. The van der Waals surface area contributed by atoms with Crippen molar-refractivity contribution in [2.45, 2.75) is 25.3 Å². The van der Waals surface area contributed by atoms with Gasteiger partial charge in [0, 0.05) is 12.7 Å². The zero-order valence-corrected chi connectivity index (χ0v) is 11.2. The molecule has 1 amide bonds. The topological polar surface area (TPSA) is 32.3 Å². The second-order valence-corrected chi connectivity index (χ2v) is 4.38. The van der Waals surface area contributed by atoms with Crippen molar-refractivity contribution in [2.24, 2.45) is 0 Å². The normalized spacial score (nSPS) is 18.9. The van der Waals surface area contributed by atoms with Crippen LogP contribution in [0.15, 0.2) is 24.3 Å². The predicted octanol–water partition coefficient (Wildman–Crippen LogP) is 2.35. The first-order valence-electron chi connectivity index (χ1n) is 5.95. The Bertz CT molecular complexity index is 390. The molecule has 5 heteroatoms. The Balaban J connectivity index is 0.00000162. The van der Waals surface area contributed by atoms with Crippen molar-refractivity contribution in [1.82, 2.24) is 5.32 Å². The van der Waals surface area contributed by atoms with Crippen molar-refractivity contribution >= 4 is 24.0 Å². The minimum absolute atomic E-state index is 0. The van der Waals surface area contributed by atoms with Gasteiger partial charge in [-0.05, 0) is 43.7 Å². The second-order valence-electron chi connectivity index (χ2n) is 4.38. The van der Waals surface area contributed by atoms with Crippen LogP contribution in [0.5, 0.6) is 0 Å². The molecule has 18 heavy (non-hydrogen) atoms. The molecule has 100 valence electrons. The van der Waals surface area contributed by atoms with E-state index in [-0.39, 0.29) is 30.2 Å². The van der Waals surface area contributed by atoms with Gasteiger partial charge in [-0.25, -0.2) is 4.39 Å². The number of likely N-dealkylation sites (N-methyl/N-ethyl adjacent to an activating group) is 1. The summed E-state index contributed by atoms with van der Waals surface area (Å²) in [6.07, 6.45) is 3.09. The molecule has 1 aromatic rings. The molecule has 1 aliphatic rings. The number of halogens is 2. The zero-order valence-electron chi connectivity index (χ0n) is 10.4. The van der Waals surface area contributed by atoms with Crippen LogP contribution in [-0.4, -0.2) is 25.5 Å². The third-order valence-corrected chi connectivity index (χ3v) is 3.15. The first kappa shape index (κ1) is 14.9. The van der Waals surface area contributed by atoms with E-state index >= 15 is 0 Å². The molecule has 1 aromatic carbocycles. The van der Waals surface area contributed by atoms with E-state index in [1.807, 2.05) is 0 Å². The number of amides is 1. The molecule has 1 fully saturated rings. The number of carbonyl (C=O) groups is 1. The Morgan fingerprint density at radius 1 is 1.33 bits per heavy atom. The van der Waals surface area contributed by atoms with E-state index in [1.165, 1.54) is 12.1 Å². The summed E-state index contributed by atoms with van der Waals surface area (Å²) in [5, 5.41) is 3.22. The van der Waals surface area contributed by atoms with E-state index in [0.29, 0.717) is 0 Å². The van der Waals surface area contributed by atoms with Gasteiger partial charge in [0.2, 0.25) is 5.91 Å². The summed E-state index contributed by atoms with van der Waals surface area (Å²) < 4.78 is 12.8. The Labute approximate surface area is 113 Å². The number of piperidine rings is 1. The number of carbonyl (C=O) groups excluding carboxylic acids is 1. The molecule has 0 radical (unpaired) electrons. The van der Waals surface area contributed by atoms with Crippen molar-refractivity contribution in [3.63, 3.8) is 0 Å². The summed E-state index contributed by atoms with van der Waals surface area (Å²) in [5.74, 6) is -0.235. The van der Waals surface area contributed by atoms with Gasteiger partial charge in [-0.1, -0.05) is 6.42 Å². The molecule has 1 saturated heterocycles. The first-order valence-corrected chi connectivity index (χ1v) is 5.95. The average molecular weight is 273 g/mol. The SMILES string of the molecule is CN(C(=O)[C@@H]1CCCCN1)c1ccc(F)cc1.Cl. The highest BCUT2D eigenvalue weighted by atomic mass is 35.5. The van der Waals surface area contributed by atoms with Crippen molar-refractivity contribution in [2.75, 3.05) is 18.5 Å². The van der Waals surface area contributed by atoms with E-state index in [2.05, 4.69) is 5.32 Å². The molecular weight excluding hydrogens is 255 g/mol. The third kappa shape index (κ3) is 3.43. The molecule has 0 unspecified atom stereocenters. The Morgan fingerprint density at radius 2 is 2.00 bits per heavy atom. The van der Waals surface area contributed by atoms with Gasteiger partial charge in [-0.15, -0.1) is 12.4 Å². The quantitative estimate of drug-likeness (QED) is 0.896. The van der Waals surface area contributed by atoms with Gasteiger partial charge in [0.1, 0.15) is 5.82 Å². The summed E-state index contributed by atoms with van der Waals surface area (Å²) in [6.45, 7) is 0.896. The van der Waals surface area contributed by atoms with Gasteiger partial charge in [0.15, 0.2) is 0 Å². The van der Waals surface area contributed by atoms with Crippen LogP contribution in [0.25, 0.3) is 0 Å². The third-order valence-electron chi connectivity index (χ3n) is 3.15. The highest BCUT2D eigenvalue weighted by Crippen LogP contribution is 2.16. The molecular formula is C13H18ClFN2O. The highest BCUT2D eigenvalue weighted by Gasteiger charge is 2.24. The lowest BCUT2D eigenvalue weighted by molar-refractivity contribution is -0.120. The molecule has 0 saturated carbocycles. The number of benzene rings is 1. The molecule has 1 aliphatic heterocycles. The maximum absolute atomic E-state index is 12.8. The van der Waals surface area contributed by atoms with Crippen molar-refractivity contribution in [3.05, 3.63) is 30.1 Å². The minimum atomic E-state index is -0.287. The van der Waals surface area contributed by atoms with Gasteiger partial charge in [-0.2, -0.15) is 0 Å². The summed E-state index contributed by atoms with van der Waals surface area (Å²) >= 11 is 0. The predicted molar refractivity (Wildman–Crippen MR) is 72.7 cm³/mol. The summed E-state index contributed by atoms with van der Waals surface area (Å²) in [5.41, 5.74) is 0.726. The fourth-order valence-corrected chi connectivity index (χ4v) is 2.09. The van der Waals surface area contributed by atoms with Crippen LogP contribution in [0.1, 0.15) is 19.3 Å². The number of anilines is 1. The maximum Gasteiger partial charge on any atom is 0.243 e. The zero-order chi connectivity index (χ0) is 12.3. The smallest absolute Gasteiger partial charge is 0.243 e. The van der Waals surface area contributed by atoms with Crippen molar-refractivity contribution in [1.29, 1.82) is 0 Å². The standard InChI is InChI=1S/C13H17FN2O.ClH/c1-16(11-7-5-10(14)6-8-11)13(17)12-4-2-3-9-15-12;/h5-8,12,15H,2-4,9H2,1H3;1H/t12-;/m0./s1. The Morgan fingerprint density at radius 3 is 2.56 bits per heavy atom. The largest absolute Gasteiger partial charge is 0.314 e. The maximum atomic E-state index is 12.8. The molecule has 0 spiro atoms. The van der Waals surface area contributed by atoms with Gasteiger partial charge in [0.05, 0.1) is 6.04 Å². The molecule has 1 heterocycles. The lowest BCUT2D eigenvalue weighted by Crippen LogP contribution is -2.47. The molecule has 2 rings (SSSR count). The molecule has 1 N–H and O–H groups in total. The van der Waals surface area contributed by atoms with Crippen molar-refractivity contribution < 1.29 is 9.18 Å². The number of hydrogen-bond acceptors (Lipinski definition) is 2. The van der Waals surface area contributed by atoms with Crippen LogP contribution < -0.4 is 10.2 Å². The second kappa shape index (κ2) is 6.71. The van der Waals surface area contributed by atoms with E-state index < -0.39 is 0 Å². The summed E-state index contributed by atoms with van der Waals surface area (Å²) in [4.78, 5) is 13.7.